The SMILES string of the molecule is CC(O[Si](C)(C)C(C)(C)C)[C@@]1(C)C(=O)N(C)[C@]1(C)O[SiH3]. The van der Waals surface area contributed by atoms with Gasteiger partial charge >= 0.3 is 0 Å². The fourth-order valence-electron chi connectivity index (χ4n) is 2.67. The number of likely N-dealkylation sites (tertiary alicyclic amines) is 1. The molecule has 4 nitrogen and oxygen atoms in total. The molecule has 0 spiro atoms. The normalized spacial score (nSPS) is 33.2. The predicted molar refractivity (Wildman–Crippen MR) is 88.1 cm³/mol. The number of carbonyl (C=O) groups excluding carboxylic acids is 1. The molecule has 1 rings (SSSR count). The van der Waals surface area contributed by atoms with Gasteiger partial charge in [-0.1, -0.05) is 20.8 Å². The van der Waals surface area contributed by atoms with Gasteiger partial charge in [0.25, 0.3) is 0 Å². The van der Waals surface area contributed by atoms with E-state index < -0.39 is 19.5 Å². The van der Waals surface area contributed by atoms with E-state index in [0.29, 0.717) is 10.5 Å². The van der Waals surface area contributed by atoms with E-state index in [-0.39, 0.29) is 17.0 Å². The second kappa shape index (κ2) is 4.93. The second-order valence-corrected chi connectivity index (χ2v) is 12.9. The van der Waals surface area contributed by atoms with Crippen LogP contribution in [0.15, 0.2) is 0 Å². The number of rotatable bonds is 4. The highest BCUT2D eigenvalue weighted by molar-refractivity contribution is 6.74. The first kappa shape index (κ1) is 17.9. The summed E-state index contributed by atoms with van der Waals surface area (Å²) in [5, 5.41) is 0.133. The first-order valence-corrected chi connectivity index (χ1v) is 11.0. The standard InChI is InChI=1S/C14H31NO3Si2/c1-10(17-20(8,9)12(2,3)4)13(5)11(16)15(7)14(13,6)18-19/h10H,1-9,19H3/t10?,13-,14+/m0/s1. The number of carbonyl (C=O) groups is 1. The molecule has 0 aromatic carbocycles. The van der Waals surface area contributed by atoms with Crippen LogP contribution in [0.4, 0.5) is 0 Å². The topological polar surface area (TPSA) is 38.8 Å². The summed E-state index contributed by atoms with van der Waals surface area (Å²) in [7, 11) is 0.504. The maximum Gasteiger partial charge on any atom is 0.237 e. The van der Waals surface area contributed by atoms with Crippen LogP contribution in [-0.4, -0.2) is 48.5 Å². The van der Waals surface area contributed by atoms with E-state index in [1.54, 1.807) is 11.9 Å². The van der Waals surface area contributed by atoms with Crippen molar-refractivity contribution in [1.82, 2.24) is 4.90 Å². The number of amides is 1. The number of β-lactam (4-membered cyclic amide) rings is 1. The van der Waals surface area contributed by atoms with Gasteiger partial charge in [0.1, 0.15) is 21.6 Å². The molecule has 1 unspecified atom stereocenters. The average molecular weight is 318 g/mol. The largest absolute Gasteiger partial charge is 0.413 e. The molecule has 0 radical (unpaired) electrons. The smallest absolute Gasteiger partial charge is 0.237 e. The Hall–Kier alpha value is -0.176. The van der Waals surface area contributed by atoms with E-state index in [4.69, 9.17) is 8.85 Å². The van der Waals surface area contributed by atoms with Crippen LogP contribution in [0.2, 0.25) is 18.1 Å². The fraction of sp³-hybridized carbons (Fsp3) is 0.929. The highest BCUT2D eigenvalue weighted by atomic mass is 28.4. The van der Waals surface area contributed by atoms with Gasteiger partial charge < -0.3 is 13.8 Å². The first-order chi connectivity index (χ1) is 8.75. The maximum atomic E-state index is 12.4. The average Bonchev–Trinajstić information content (AvgIpc) is 2.33. The van der Waals surface area contributed by atoms with Gasteiger partial charge in [-0.3, -0.25) is 4.79 Å². The van der Waals surface area contributed by atoms with Crippen LogP contribution < -0.4 is 0 Å². The Morgan fingerprint density at radius 2 is 1.75 bits per heavy atom. The number of hydrogen-bond donors (Lipinski definition) is 0. The van der Waals surface area contributed by atoms with Crippen molar-refractivity contribution in [2.24, 2.45) is 5.41 Å². The van der Waals surface area contributed by atoms with Crippen LogP contribution in [0.1, 0.15) is 41.5 Å². The molecule has 118 valence electrons. The summed E-state index contributed by atoms with van der Waals surface area (Å²) in [5.74, 6) is 0.113. The summed E-state index contributed by atoms with van der Waals surface area (Å²) in [6, 6.07) is 0. The van der Waals surface area contributed by atoms with E-state index in [9.17, 15) is 4.79 Å². The molecule has 1 saturated heterocycles. The predicted octanol–water partition coefficient (Wildman–Crippen LogP) is 1.89. The van der Waals surface area contributed by atoms with Gasteiger partial charge in [-0.2, -0.15) is 0 Å². The van der Waals surface area contributed by atoms with E-state index in [1.807, 2.05) is 20.8 Å². The summed E-state index contributed by atoms with van der Waals surface area (Å²) in [6.45, 7) is 17.1. The molecule has 6 heteroatoms. The third-order valence-corrected chi connectivity index (χ3v) is 11.2. The van der Waals surface area contributed by atoms with Crippen molar-refractivity contribution in [3.63, 3.8) is 0 Å². The molecule has 0 bridgehead atoms. The van der Waals surface area contributed by atoms with Crippen LogP contribution in [-0.2, 0) is 13.6 Å². The van der Waals surface area contributed by atoms with Crippen molar-refractivity contribution in [1.29, 1.82) is 0 Å². The zero-order chi connectivity index (χ0) is 16.1. The molecule has 3 atom stereocenters. The van der Waals surface area contributed by atoms with Gasteiger partial charge in [0.15, 0.2) is 8.32 Å². The van der Waals surface area contributed by atoms with Crippen molar-refractivity contribution >= 4 is 24.7 Å². The molecule has 1 heterocycles. The van der Waals surface area contributed by atoms with Crippen LogP contribution in [0.5, 0.6) is 0 Å². The van der Waals surface area contributed by atoms with Gasteiger partial charge in [0.2, 0.25) is 5.91 Å². The molecule has 1 aliphatic heterocycles. The third-order valence-electron chi connectivity index (χ3n) is 5.84. The number of hydrogen-bond acceptors (Lipinski definition) is 3. The summed E-state index contributed by atoms with van der Waals surface area (Å²) in [6.07, 6.45) is -0.147. The van der Waals surface area contributed by atoms with E-state index in [1.165, 1.54) is 0 Å². The molecule has 1 fully saturated rings. The van der Waals surface area contributed by atoms with Gasteiger partial charge in [0, 0.05) is 7.05 Å². The van der Waals surface area contributed by atoms with Gasteiger partial charge in [-0.05, 0) is 38.9 Å². The highest BCUT2D eigenvalue weighted by Gasteiger charge is 2.68. The van der Waals surface area contributed by atoms with Crippen molar-refractivity contribution in [2.45, 2.75) is 71.5 Å². The lowest BCUT2D eigenvalue weighted by atomic mass is 9.66. The summed E-state index contributed by atoms with van der Waals surface area (Å²) < 4.78 is 12.2. The Kier molecular flexibility index (Phi) is 4.41. The Bertz CT molecular complexity index is 408. The van der Waals surface area contributed by atoms with Crippen molar-refractivity contribution < 1.29 is 13.6 Å². The minimum Gasteiger partial charge on any atom is -0.413 e. The van der Waals surface area contributed by atoms with Crippen molar-refractivity contribution in [3.8, 4) is 0 Å². The fourth-order valence-corrected chi connectivity index (χ4v) is 4.84. The summed E-state index contributed by atoms with van der Waals surface area (Å²) in [4.78, 5) is 14.1. The van der Waals surface area contributed by atoms with E-state index in [2.05, 4.69) is 33.9 Å². The maximum absolute atomic E-state index is 12.4. The van der Waals surface area contributed by atoms with E-state index in [0.717, 1.165) is 0 Å². The Morgan fingerprint density at radius 3 is 2.10 bits per heavy atom. The van der Waals surface area contributed by atoms with Gasteiger partial charge in [-0.25, -0.2) is 0 Å². The van der Waals surface area contributed by atoms with Crippen molar-refractivity contribution in [3.05, 3.63) is 0 Å². The summed E-state index contributed by atoms with van der Waals surface area (Å²) in [5.41, 5.74) is -1.14. The molecule has 1 aliphatic rings. The highest BCUT2D eigenvalue weighted by Crippen LogP contribution is 2.52. The van der Waals surface area contributed by atoms with Gasteiger partial charge in [-0.15, -0.1) is 0 Å². The van der Waals surface area contributed by atoms with Crippen LogP contribution in [0.3, 0.4) is 0 Å². The molecule has 0 N–H and O–H groups in total. The monoisotopic (exact) mass is 317 g/mol. The molecule has 0 aromatic heterocycles. The van der Waals surface area contributed by atoms with Crippen LogP contribution >= 0.6 is 0 Å². The minimum absolute atomic E-state index is 0.113. The minimum atomic E-state index is -1.90. The van der Waals surface area contributed by atoms with E-state index >= 15 is 0 Å². The second-order valence-electron chi connectivity index (χ2n) is 7.77. The molecule has 1 amide bonds. The lowest BCUT2D eigenvalue weighted by Crippen LogP contribution is -2.79. The zero-order valence-corrected chi connectivity index (χ0v) is 17.7. The molecular formula is C14H31NO3Si2. The van der Waals surface area contributed by atoms with Crippen LogP contribution in [0, 0.1) is 5.41 Å². The molecule has 0 aliphatic carbocycles. The van der Waals surface area contributed by atoms with Crippen LogP contribution in [0.25, 0.3) is 0 Å². The zero-order valence-electron chi connectivity index (χ0n) is 14.7. The first-order valence-electron chi connectivity index (χ1n) is 7.27. The lowest BCUT2D eigenvalue weighted by Gasteiger charge is -2.63. The Labute approximate surface area is 127 Å². The number of nitrogens with zero attached hydrogens (tertiary/aromatic N) is 1. The molecule has 0 aromatic rings. The van der Waals surface area contributed by atoms with Gasteiger partial charge in [0.05, 0.1) is 6.10 Å². The lowest BCUT2D eigenvalue weighted by molar-refractivity contribution is -0.248. The summed E-state index contributed by atoms with van der Waals surface area (Å²) >= 11 is 0. The Balaban J connectivity index is 3.03. The Morgan fingerprint density at radius 1 is 1.30 bits per heavy atom. The van der Waals surface area contributed by atoms with Crippen molar-refractivity contribution in [2.75, 3.05) is 7.05 Å². The molecule has 0 saturated carbocycles. The molecule has 20 heavy (non-hydrogen) atoms. The third kappa shape index (κ3) is 2.21. The quantitative estimate of drug-likeness (QED) is 0.587. The molecular weight excluding hydrogens is 286 g/mol.